The van der Waals surface area contributed by atoms with Gasteiger partial charge in [-0.25, -0.2) is 0 Å². The van der Waals surface area contributed by atoms with Crippen molar-refractivity contribution in [2.75, 3.05) is 19.6 Å². The lowest BCUT2D eigenvalue weighted by atomic mass is 9.81. The minimum Gasteiger partial charge on any atom is -0.487 e. The van der Waals surface area contributed by atoms with Gasteiger partial charge in [0.25, 0.3) is 0 Å². The van der Waals surface area contributed by atoms with Gasteiger partial charge in [0, 0.05) is 60.8 Å². The second-order valence-electron chi connectivity index (χ2n) is 9.25. The number of fused-ring (bicyclic) bond motifs is 2. The Morgan fingerprint density at radius 1 is 1.16 bits per heavy atom. The van der Waals surface area contributed by atoms with Gasteiger partial charge in [-0.15, -0.1) is 0 Å². The molecule has 5 heteroatoms. The minimum atomic E-state index is -0.520. The highest BCUT2D eigenvalue weighted by molar-refractivity contribution is 5.84. The highest BCUT2D eigenvalue weighted by Gasteiger charge is 2.43. The molecule has 31 heavy (non-hydrogen) atoms. The molecule has 2 aliphatic heterocycles. The lowest BCUT2D eigenvalue weighted by molar-refractivity contribution is -0.0587. The van der Waals surface area contributed by atoms with E-state index in [1.807, 2.05) is 37.3 Å². The van der Waals surface area contributed by atoms with Gasteiger partial charge in [0.2, 0.25) is 0 Å². The predicted molar refractivity (Wildman–Crippen MR) is 122 cm³/mol. The zero-order valence-corrected chi connectivity index (χ0v) is 18.4. The molecule has 2 aromatic carbocycles. The summed E-state index contributed by atoms with van der Waals surface area (Å²) in [5.74, 6) is 0.824. The Bertz CT molecular complexity index is 1080. The molecular weight excluding hydrogens is 388 g/mol. The van der Waals surface area contributed by atoms with Gasteiger partial charge < -0.3 is 24.4 Å². The molecule has 164 valence electrons. The third-order valence-electron chi connectivity index (χ3n) is 7.13. The SMILES string of the molecule is CCn1cc([C@H](O)CN2CCC3(CC2)C[C@@H](O)c2cc(C)ccc2O3)c2ccccc21. The molecule has 0 unspecified atom stereocenters. The summed E-state index contributed by atoms with van der Waals surface area (Å²) in [6.07, 6.45) is 3.47. The third kappa shape index (κ3) is 3.75. The Labute approximate surface area is 183 Å². The first-order valence-corrected chi connectivity index (χ1v) is 11.4. The fraction of sp³-hybridized carbons (Fsp3) is 0.462. The molecular formula is C26H32N2O3. The lowest BCUT2D eigenvalue weighted by Gasteiger charge is -2.46. The minimum absolute atomic E-state index is 0.304. The maximum absolute atomic E-state index is 11.1. The average Bonchev–Trinajstić information content (AvgIpc) is 3.15. The number of β-amino-alcohol motifs (C(OH)–C–C–N with tert-alkyl or cyclic N) is 1. The van der Waals surface area contributed by atoms with Crippen LogP contribution in [0.3, 0.4) is 0 Å². The number of hydrogen-bond acceptors (Lipinski definition) is 4. The summed E-state index contributed by atoms with van der Waals surface area (Å²) in [6.45, 7) is 7.39. The largest absolute Gasteiger partial charge is 0.487 e. The predicted octanol–water partition coefficient (Wildman–Crippen LogP) is 4.35. The number of aryl methyl sites for hydroxylation is 2. The number of nitrogens with zero attached hydrogens (tertiary/aromatic N) is 2. The molecule has 1 fully saturated rings. The van der Waals surface area contributed by atoms with Crippen molar-refractivity contribution in [1.82, 2.24) is 9.47 Å². The number of aromatic nitrogens is 1. The Kier molecular flexibility index (Phi) is 5.29. The van der Waals surface area contributed by atoms with E-state index in [2.05, 4.69) is 34.7 Å². The van der Waals surface area contributed by atoms with E-state index in [0.29, 0.717) is 13.0 Å². The smallest absolute Gasteiger partial charge is 0.125 e. The summed E-state index contributed by atoms with van der Waals surface area (Å²) in [5.41, 5.74) is 3.93. The normalized spacial score (nSPS) is 21.7. The Morgan fingerprint density at radius 2 is 1.94 bits per heavy atom. The molecule has 3 aromatic rings. The third-order valence-corrected chi connectivity index (χ3v) is 7.13. The Morgan fingerprint density at radius 3 is 2.71 bits per heavy atom. The van der Waals surface area contributed by atoms with Crippen LogP contribution in [0.15, 0.2) is 48.7 Å². The van der Waals surface area contributed by atoms with Crippen molar-refractivity contribution >= 4 is 10.9 Å². The van der Waals surface area contributed by atoms with Gasteiger partial charge >= 0.3 is 0 Å². The van der Waals surface area contributed by atoms with E-state index in [1.54, 1.807) is 0 Å². The van der Waals surface area contributed by atoms with Crippen LogP contribution in [0.25, 0.3) is 10.9 Å². The molecule has 3 heterocycles. The van der Waals surface area contributed by atoms with Crippen molar-refractivity contribution in [3.63, 3.8) is 0 Å². The van der Waals surface area contributed by atoms with Crippen LogP contribution >= 0.6 is 0 Å². The van der Waals surface area contributed by atoms with Gasteiger partial charge in [0.05, 0.1) is 12.2 Å². The molecule has 2 N–H and O–H groups in total. The molecule has 5 nitrogen and oxygen atoms in total. The van der Waals surface area contributed by atoms with Crippen molar-refractivity contribution in [3.8, 4) is 5.75 Å². The van der Waals surface area contributed by atoms with Crippen molar-refractivity contribution in [3.05, 3.63) is 65.4 Å². The standard InChI is InChI=1S/C26H32N2O3/c1-3-28-16-21(19-6-4-5-7-22(19)28)24(30)17-27-12-10-26(11-13-27)15-23(29)20-14-18(2)8-9-25(20)31-26/h4-9,14,16,23-24,29-30H,3,10-13,15,17H2,1-2H3/t23-,24-/m1/s1. The van der Waals surface area contributed by atoms with Gasteiger partial charge in [-0.1, -0.05) is 29.8 Å². The first kappa shape index (κ1) is 20.6. The topological polar surface area (TPSA) is 57.9 Å². The number of piperidine rings is 1. The van der Waals surface area contributed by atoms with Crippen LogP contribution in [0.5, 0.6) is 5.75 Å². The van der Waals surface area contributed by atoms with Crippen LogP contribution in [-0.4, -0.2) is 44.9 Å². The van der Waals surface area contributed by atoms with Gasteiger partial charge in [-0.3, -0.25) is 0 Å². The first-order valence-electron chi connectivity index (χ1n) is 11.4. The van der Waals surface area contributed by atoms with Gasteiger partial charge in [-0.05, 0) is 44.9 Å². The summed E-state index contributed by atoms with van der Waals surface area (Å²) in [6, 6.07) is 14.4. The van der Waals surface area contributed by atoms with Crippen molar-refractivity contribution < 1.29 is 14.9 Å². The molecule has 0 saturated carbocycles. The van der Waals surface area contributed by atoms with Crippen LogP contribution in [0, 0.1) is 6.92 Å². The number of aliphatic hydroxyl groups is 2. The molecule has 0 amide bonds. The summed E-state index contributed by atoms with van der Waals surface area (Å²) < 4.78 is 8.65. The lowest BCUT2D eigenvalue weighted by Crippen LogP contribution is -2.51. The zero-order chi connectivity index (χ0) is 21.6. The van der Waals surface area contributed by atoms with E-state index in [4.69, 9.17) is 4.74 Å². The van der Waals surface area contributed by atoms with E-state index < -0.39 is 12.2 Å². The zero-order valence-electron chi connectivity index (χ0n) is 18.4. The number of likely N-dealkylation sites (tertiary alicyclic amines) is 1. The number of rotatable bonds is 4. The second kappa shape index (κ2) is 7.97. The molecule has 2 atom stereocenters. The monoisotopic (exact) mass is 420 g/mol. The van der Waals surface area contributed by atoms with E-state index in [9.17, 15) is 10.2 Å². The summed E-state index contributed by atoms with van der Waals surface area (Å²) in [5, 5.41) is 22.9. The quantitative estimate of drug-likeness (QED) is 0.659. The van der Waals surface area contributed by atoms with Crippen LogP contribution in [-0.2, 0) is 6.54 Å². The fourth-order valence-corrected chi connectivity index (χ4v) is 5.35. The number of benzene rings is 2. The highest BCUT2D eigenvalue weighted by Crippen LogP contribution is 2.44. The van der Waals surface area contributed by atoms with Crippen LogP contribution in [0.1, 0.15) is 55.1 Å². The van der Waals surface area contributed by atoms with Crippen molar-refractivity contribution in [1.29, 1.82) is 0 Å². The summed E-state index contributed by atoms with van der Waals surface area (Å²) in [7, 11) is 0. The highest BCUT2D eigenvalue weighted by atomic mass is 16.5. The van der Waals surface area contributed by atoms with Crippen LogP contribution < -0.4 is 4.74 Å². The summed E-state index contributed by atoms with van der Waals surface area (Å²) >= 11 is 0. The Hall–Kier alpha value is -2.34. The van der Waals surface area contributed by atoms with Gasteiger partial charge in [0.15, 0.2) is 0 Å². The fourth-order valence-electron chi connectivity index (χ4n) is 5.35. The molecule has 1 aromatic heterocycles. The molecule has 0 bridgehead atoms. The van der Waals surface area contributed by atoms with Gasteiger partial charge in [0.1, 0.15) is 11.4 Å². The van der Waals surface area contributed by atoms with Crippen LogP contribution in [0.2, 0.25) is 0 Å². The Balaban J connectivity index is 1.27. The van der Waals surface area contributed by atoms with Crippen molar-refractivity contribution in [2.24, 2.45) is 0 Å². The molecule has 1 saturated heterocycles. The maximum atomic E-state index is 11.1. The molecule has 2 aliphatic rings. The molecule has 1 spiro atoms. The second-order valence-corrected chi connectivity index (χ2v) is 9.25. The van der Waals surface area contributed by atoms with Crippen molar-refractivity contribution in [2.45, 2.75) is 57.5 Å². The number of para-hydroxylation sites is 1. The molecule has 0 radical (unpaired) electrons. The van der Waals surface area contributed by atoms with E-state index in [0.717, 1.165) is 60.3 Å². The maximum Gasteiger partial charge on any atom is 0.125 e. The van der Waals surface area contributed by atoms with Crippen LogP contribution in [0.4, 0.5) is 0 Å². The summed E-state index contributed by atoms with van der Waals surface area (Å²) in [4.78, 5) is 2.33. The van der Waals surface area contributed by atoms with E-state index in [1.165, 1.54) is 5.52 Å². The molecule has 5 rings (SSSR count). The molecule has 0 aliphatic carbocycles. The number of ether oxygens (including phenoxy) is 1. The van der Waals surface area contributed by atoms with E-state index >= 15 is 0 Å². The number of hydrogen-bond donors (Lipinski definition) is 2. The number of aliphatic hydroxyl groups excluding tert-OH is 2. The average molecular weight is 421 g/mol. The van der Waals surface area contributed by atoms with Gasteiger partial charge in [-0.2, -0.15) is 0 Å². The van der Waals surface area contributed by atoms with E-state index in [-0.39, 0.29) is 5.60 Å². The first-order chi connectivity index (χ1) is 15.0.